The van der Waals surface area contributed by atoms with E-state index in [1.54, 1.807) is 13.1 Å². The van der Waals surface area contributed by atoms with Crippen molar-refractivity contribution in [3.8, 4) is 0 Å². The second-order valence-electron chi connectivity index (χ2n) is 4.13. The number of hydrogen-bond donors (Lipinski definition) is 2. The average Bonchev–Trinajstić information content (AvgIpc) is 2.54. The van der Waals surface area contributed by atoms with Gasteiger partial charge >= 0.3 is 0 Å². The highest BCUT2D eigenvalue weighted by Crippen LogP contribution is 2.47. The van der Waals surface area contributed by atoms with Gasteiger partial charge < -0.3 is 11.5 Å². The van der Waals surface area contributed by atoms with Crippen molar-refractivity contribution in [2.75, 3.05) is 0 Å². The molecule has 1 rings (SSSR count). The fourth-order valence-electron chi connectivity index (χ4n) is 0.966. The fourth-order valence-corrected chi connectivity index (χ4v) is 0.966. The Labute approximate surface area is 73.5 Å². The minimum absolute atomic E-state index is 0.374. The van der Waals surface area contributed by atoms with E-state index in [-0.39, 0.29) is 0 Å². The molecule has 0 saturated heterocycles. The van der Waals surface area contributed by atoms with E-state index in [1.807, 2.05) is 0 Å². The van der Waals surface area contributed by atoms with Gasteiger partial charge in [-0.2, -0.15) is 0 Å². The number of nitrogens with zero attached hydrogens (tertiary/aromatic N) is 1. The summed E-state index contributed by atoms with van der Waals surface area (Å²) >= 11 is 0. The Kier molecular flexibility index (Phi) is 2.13. The van der Waals surface area contributed by atoms with Gasteiger partial charge in [-0.1, -0.05) is 13.8 Å². The van der Waals surface area contributed by atoms with Gasteiger partial charge in [0.25, 0.3) is 0 Å². The summed E-state index contributed by atoms with van der Waals surface area (Å²) in [5, 5.41) is 0. The van der Waals surface area contributed by atoms with Gasteiger partial charge in [-0.15, -0.1) is 0 Å². The molecular formula is C9H17N3. The van der Waals surface area contributed by atoms with E-state index in [1.165, 1.54) is 0 Å². The fraction of sp³-hybridized carbons (Fsp3) is 0.667. The SMILES string of the molecule is CC(N)=C(N)C=N[C@H]1CC1(C)C. The van der Waals surface area contributed by atoms with Gasteiger partial charge in [0, 0.05) is 11.9 Å². The van der Waals surface area contributed by atoms with Crippen molar-refractivity contribution in [2.45, 2.75) is 33.2 Å². The molecular weight excluding hydrogens is 150 g/mol. The molecule has 0 aliphatic heterocycles. The molecule has 1 fully saturated rings. The second kappa shape index (κ2) is 2.81. The van der Waals surface area contributed by atoms with Crippen molar-refractivity contribution in [1.29, 1.82) is 0 Å². The first-order chi connectivity index (χ1) is 5.43. The second-order valence-corrected chi connectivity index (χ2v) is 4.13. The zero-order valence-corrected chi connectivity index (χ0v) is 7.96. The summed E-state index contributed by atoms with van der Waals surface area (Å²) in [7, 11) is 0. The molecule has 0 unspecified atom stereocenters. The van der Waals surface area contributed by atoms with Crippen LogP contribution >= 0.6 is 0 Å². The molecule has 0 amide bonds. The third-order valence-corrected chi connectivity index (χ3v) is 2.31. The number of aliphatic imine (C=N–C) groups is 1. The molecule has 0 radical (unpaired) electrons. The summed E-state index contributed by atoms with van der Waals surface area (Å²) in [6.45, 7) is 6.17. The van der Waals surface area contributed by atoms with E-state index >= 15 is 0 Å². The zero-order chi connectivity index (χ0) is 9.35. The Morgan fingerprint density at radius 2 is 2.00 bits per heavy atom. The maximum Gasteiger partial charge on any atom is 0.0683 e. The number of rotatable bonds is 2. The normalized spacial score (nSPS) is 28.8. The first-order valence-corrected chi connectivity index (χ1v) is 4.18. The Bertz CT molecular complexity index is 234. The monoisotopic (exact) mass is 167 g/mol. The van der Waals surface area contributed by atoms with Crippen LogP contribution in [0.2, 0.25) is 0 Å². The van der Waals surface area contributed by atoms with Crippen molar-refractivity contribution < 1.29 is 0 Å². The van der Waals surface area contributed by atoms with E-state index < -0.39 is 0 Å². The lowest BCUT2D eigenvalue weighted by molar-refractivity contribution is 0.619. The van der Waals surface area contributed by atoms with Crippen molar-refractivity contribution in [2.24, 2.45) is 21.9 Å². The van der Waals surface area contributed by atoms with E-state index in [0.29, 0.717) is 22.9 Å². The predicted octanol–water partition coefficient (Wildman–Crippen LogP) is 1.00. The van der Waals surface area contributed by atoms with Crippen molar-refractivity contribution in [3.05, 3.63) is 11.4 Å². The Hall–Kier alpha value is -0.990. The van der Waals surface area contributed by atoms with Crippen molar-refractivity contribution >= 4 is 6.21 Å². The van der Waals surface area contributed by atoms with Crippen molar-refractivity contribution in [3.63, 3.8) is 0 Å². The predicted molar refractivity (Wildman–Crippen MR) is 51.8 cm³/mol. The minimum atomic E-state index is 0.374. The van der Waals surface area contributed by atoms with Crippen LogP contribution in [-0.2, 0) is 0 Å². The molecule has 3 nitrogen and oxygen atoms in total. The Morgan fingerprint density at radius 3 is 2.33 bits per heavy atom. The van der Waals surface area contributed by atoms with Crippen molar-refractivity contribution in [1.82, 2.24) is 0 Å². The summed E-state index contributed by atoms with van der Waals surface area (Å²) < 4.78 is 0. The maximum absolute atomic E-state index is 5.59. The first kappa shape index (κ1) is 9.10. The molecule has 0 bridgehead atoms. The molecule has 0 heterocycles. The third kappa shape index (κ3) is 2.00. The highest BCUT2D eigenvalue weighted by molar-refractivity contribution is 5.78. The van der Waals surface area contributed by atoms with Gasteiger partial charge in [-0.05, 0) is 18.8 Å². The topological polar surface area (TPSA) is 64.4 Å². The third-order valence-electron chi connectivity index (χ3n) is 2.31. The first-order valence-electron chi connectivity index (χ1n) is 4.18. The van der Waals surface area contributed by atoms with E-state index in [2.05, 4.69) is 18.8 Å². The molecule has 4 N–H and O–H groups in total. The van der Waals surface area contributed by atoms with Gasteiger partial charge in [-0.3, -0.25) is 4.99 Å². The van der Waals surface area contributed by atoms with Crippen LogP contribution in [0.4, 0.5) is 0 Å². The highest BCUT2D eigenvalue weighted by Gasteiger charge is 2.45. The van der Waals surface area contributed by atoms with Crippen LogP contribution in [-0.4, -0.2) is 12.3 Å². The lowest BCUT2D eigenvalue weighted by atomic mass is 10.2. The van der Waals surface area contributed by atoms with Crippen LogP contribution in [0.1, 0.15) is 27.2 Å². The van der Waals surface area contributed by atoms with E-state index in [9.17, 15) is 0 Å². The van der Waals surface area contributed by atoms with Crippen LogP contribution in [0, 0.1) is 5.41 Å². The summed E-state index contributed by atoms with van der Waals surface area (Å²) in [4.78, 5) is 4.32. The molecule has 0 aromatic carbocycles. The lowest BCUT2D eigenvalue weighted by Crippen LogP contribution is -2.08. The largest absolute Gasteiger partial charge is 0.401 e. The zero-order valence-electron chi connectivity index (χ0n) is 7.96. The molecule has 0 aromatic rings. The number of allylic oxidation sites excluding steroid dienone is 2. The van der Waals surface area contributed by atoms with E-state index in [0.717, 1.165) is 6.42 Å². The van der Waals surface area contributed by atoms with Crippen LogP contribution in [0.25, 0.3) is 0 Å². The minimum Gasteiger partial charge on any atom is -0.401 e. The molecule has 1 aliphatic rings. The number of hydrogen-bond acceptors (Lipinski definition) is 3. The Morgan fingerprint density at radius 1 is 1.50 bits per heavy atom. The highest BCUT2D eigenvalue weighted by atomic mass is 14.9. The van der Waals surface area contributed by atoms with Gasteiger partial charge in [0.2, 0.25) is 0 Å². The van der Waals surface area contributed by atoms with Crippen LogP contribution in [0.5, 0.6) is 0 Å². The van der Waals surface area contributed by atoms with Gasteiger partial charge in [0.05, 0.1) is 11.7 Å². The lowest BCUT2D eigenvalue weighted by Gasteiger charge is -1.97. The maximum atomic E-state index is 5.59. The molecule has 1 atom stereocenters. The van der Waals surface area contributed by atoms with Gasteiger partial charge in [0.15, 0.2) is 0 Å². The van der Waals surface area contributed by atoms with Crippen LogP contribution in [0.3, 0.4) is 0 Å². The molecule has 1 aliphatic carbocycles. The molecule has 0 aromatic heterocycles. The van der Waals surface area contributed by atoms with Gasteiger partial charge in [-0.25, -0.2) is 0 Å². The summed E-state index contributed by atoms with van der Waals surface area (Å²) in [6, 6.07) is 0.440. The molecule has 12 heavy (non-hydrogen) atoms. The van der Waals surface area contributed by atoms with Gasteiger partial charge in [0.1, 0.15) is 0 Å². The summed E-state index contributed by atoms with van der Waals surface area (Å²) in [6.07, 6.45) is 2.83. The molecule has 68 valence electrons. The molecule has 1 saturated carbocycles. The average molecular weight is 167 g/mol. The standard InChI is InChI=1S/C9H17N3/c1-6(10)7(11)5-12-8-4-9(8,2)3/h5,8H,4,10-11H2,1-3H3/t8-/m0/s1. The Balaban J connectivity index is 2.49. The smallest absolute Gasteiger partial charge is 0.0683 e. The molecule has 0 spiro atoms. The summed E-state index contributed by atoms with van der Waals surface area (Å²) in [5.41, 5.74) is 12.7. The molecule has 3 heteroatoms. The summed E-state index contributed by atoms with van der Waals surface area (Å²) in [5.74, 6) is 0. The van der Waals surface area contributed by atoms with Crippen LogP contribution in [0.15, 0.2) is 16.4 Å². The number of nitrogens with two attached hydrogens (primary N) is 2. The quantitative estimate of drug-likeness (QED) is 0.603. The van der Waals surface area contributed by atoms with E-state index in [4.69, 9.17) is 11.5 Å². The van der Waals surface area contributed by atoms with Crippen LogP contribution < -0.4 is 11.5 Å².